The smallest absolute Gasteiger partial charge is 0.308 e. The molecule has 1 amide bonds. The number of anilines is 1. The fourth-order valence-electron chi connectivity index (χ4n) is 3.07. The van der Waals surface area contributed by atoms with E-state index in [2.05, 4.69) is 5.32 Å². The lowest BCUT2D eigenvalue weighted by atomic mass is 10.1. The maximum atomic E-state index is 12.9. The van der Waals surface area contributed by atoms with Gasteiger partial charge in [0.05, 0.1) is 10.6 Å². The SMILES string of the molecule is CC(=O)Oc1cc(S(=O)(=O)O)c2ccccc2c1NC(=O)c1cc(C)ccc1[N+](=O)[O-]. The van der Waals surface area contributed by atoms with E-state index in [1.807, 2.05) is 0 Å². The number of nitro groups is 1. The molecule has 3 aromatic carbocycles. The van der Waals surface area contributed by atoms with E-state index in [0.717, 1.165) is 13.0 Å². The second-order valence-electron chi connectivity index (χ2n) is 6.59. The number of nitro benzene ring substituents is 1. The van der Waals surface area contributed by atoms with Gasteiger partial charge in [0.15, 0.2) is 5.75 Å². The summed E-state index contributed by atoms with van der Waals surface area (Å²) in [4.78, 5) is 34.6. The molecular weight excluding hydrogens is 428 g/mol. The fourth-order valence-corrected chi connectivity index (χ4v) is 3.78. The van der Waals surface area contributed by atoms with E-state index >= 15 is 0 Å². The van der Waals surface area contributed by atoms with Crippen LogP contribution in [0.25, 0.3) is 10.8 Å². The minimum Gasteiger partial charge on any atom is -0.424 e. The summed E-state index contributed by atoms with van der Waals surface area (Å²) in [5.41, 5.74) is -0.153. The van der Waals surface area contributed by atoms with Crippen LogP contribution in [0.15, 0.2) is 53.4 Å². The van der Waals surface area contributed by atoms with Crippen LogP contribution < -0.4 is 10.1 Å². The van der Waals surface area contributed by atoms with E-state index in [1.54, 1.807) is 13.0 Å². The number of fused-ring (bicyclic) bond motifs is 1. The number of benzene rings is 3. The standard InChI is InChI=1S/C20H16N2O8S/c1-11-7-8-16(22(25)26)15(9-11)20(24)21-19-14-6-4-3-5-13(14)18(31(27,28)29)10-17(19)30-12(2)23/h3-10H,1-2H3,(H,21,24)(H,27,28,29). The predicted molar refractivity (Wildman–Crippen MR) is 111 cm³/mol. The molecule has 0 spiro atoms. The lowest BCUT2D eigenvalue weighted by Crippen LogP contribution is -2.16. The summed E-state index contributed by atoms with van der Waals surface area (Å²) in [6.45, 7) is 2.72. The number of hydrogen-bond donors (Lipinski definition) is 2. The summed E-state index contributed by atoms with van der Waals surface area (Å²) in [5, 5.41) is 14.0. The summed E-state index contributed by atoms with van der Waals surface area (Å²) >= 11 is 0. The van der Waals surface area contributed by atoms with Crippen molar-refractivity contribution in [3.63, 3.8) is 0 Å². The molecular formula is C20H16N2O8S. The van der Waals surface area contributed by atoms with Crippen LogP contribution in [0.4, 0.5) is 11.4 Å². The largest absolute Gasteiger partial charge is 0.424 e. The van der Waals surface area contributed by atoms with Crippen LogP contribution in [-0.2, 0) is 14.9 Å². The van der Waals surface area contributed by atoms with Gasteiger partial charge in [-0.25, -0.2) is 0 Å². The minimum absolute atomic E-state index is 0.0509. The zero-order valence-electron chi connectivity index (χ0n) is 16.3. The molecule has 3 aromatic rings. The Bertz CT molecular complexity index is 1350. The summed E-state index contributed by atoms with van der Waals surface area (Å²) in [5.74, 6) is -2.02. The number of aryl methyl sites for hydroxylation is 1. The Hall–Kier alpha value is -3.83. The molecule has 3 rings (SSSR count). The average molecular weight is 444 g/mol. The van der Waals surface area contributed by atoms with Crippen molar-refractivity contribution in [2.24, 2.45) is 0 Å². The Morgan fingerprint density at radius 2 is 1.74 bits per heavy atom. The molecule has 0 aliphatic rings. The average Bonchev–Trinajstić information content (AvgIpc) is 2.67. The van der Waals surface area contributed by atoms with E-state index in [0.29, 0.717) is 5.56 Å². The summed E-state index contributed by atoms with van der Waals surface area (Å²) in [6.07, 6.45) is 0. The van der Waals surface area contributed by atoms with Gasteiger partial charge in [-0.15, -0.1) is 0 Å². The van der Waals surface area contributed by atoms with Gasteiger partial charge in [0, 0.05) is 29.8 Å². The molecule has 10 nitrogen and oxygen atoms in total. The number of hydrogen-bond acceptors (Lipinski definition) is 7. The second kappa shape index (κ2) is 8.13. The molecule has 0 bridgehead atoms. The number of esters is 1. The molecule has 0 aromatic heterocycles. The van der Waals surface area contributed by atoms with Gasteiger partial charge >= 0.3 is 5.97 Å². The molecule has 0 radical (unpaired) electrons. The van der Waals surface area contributed by atoms with Crippen LogP contribution in [0.1, 0.15) is 22.8 Å². The van der Waals surface area contributed by atoms with Gasteiger partial charge in [0.1, 0.15) is 10.5 Å². The first-order chi connectivity index (χ1) is 14.5. The maximum Gasteiger partial charge on any atom is 0.308 e. The van der Waals surface area contributed by atoms with Gasteiger partial charge < -0.3 is 10.1 Å². The van der Waals surface area contributed by atoms with Crippen LogP contribution in [0.2, 0.25) is 0 Å². The van der Waals surface area contributed by atoms with Gasteiger partial charge in [-0.3, -0.25) is 24.3 Å². The van der Waals surface area contributed by atoms with Crippen LogP contribution >= 0.6 is 0 Å². The number of nitrogens with one attached hydrogen (secondary N) is 1. The first-order valence-electron chi connectivity index (χ1n) is 8.77. The van der Waals surface area contributed by atoms with Crippen molar-refractivity contribution in [1.82, 2.24) is 0 Å². The third kappa shape index (κ3) is 4.52. The Kier molecular flexibility index (Phi) is 5.73. The van der Waals surface area contributed by atoms with E-state index < -0.39 is 37.5 Å². The lowest BCUT2D eigenvalue weighted by Gasteiger charge is -2.16. The first kappa shape index (κ1) is 21.9. The van der Waals surface area contributed by atoms with Crippen molar-refractivity contribution >= 4 is 44.1 Å². The van der Waals surface area contributed by atoms with Gasteiger partial charge in [-0.05, 0) is 18.6 Å². The predicted octanol–water partition coefficient (Wildman–Crippen LogP) is 3.48. The molecule has 0 saturated heterocycles. The third-order valence-electron chi connectivity index (χ3n) is 4.33. The number of ether oxygens (including phenoxy) is 1. The van der Waals surface area contributed by atoms with Crippen molar-refractivity contribution < 1.29 is 32.2 Å². The summed E-state index contributed by atoms with van der Waals surface area (Å²) in [7, 11) is -4.70. The molecule has 0 unspecified atom stereocenters. The van der Waals surface area contributed by atoms with E-state index in [4.69, 9.17) is 4.74 Å². The van der Waals surface area contributed by atoms with Gasteiger partial charge in [-0.1, -0.05) is 30.3 Å². The molecule has 0 heterocycles. The van der Waals surface area contributed by atoms with E-state index in [-0.39, 0.29) is 27.8 Å². The van der Waals surface area contributed by atoms with Crippen molar-refractivity contribution in [3.05, 3.63) is 69.8 Å². The number of nitrogens with zero attached hydrogens (tertiary/aromatic N) is 1. The Labute approximate surface area is 176 Å². The molecule has 0 saturated carbocycles. The number of carbonyl (C=O) groups excluding carboxylic acids is 2. The summed E-state index contributed by atoms with van der Waals surface area (Å²) in [6, 6.07) is 10.8. The molecule has 31 heavy (non-hydrogen) atoms. The molecule has 160 valence electrons. The van der Waals surface area contributed by atoms with Crippen LogP contribution in [0, 0.1) is 17.0 Å². The van der Waals surface area contributed by atoms with Crippen molar-refractivity contribution in [2.45, 2.75) is 18.7 Å². The van der Waals surface area contributed by atoms with Crippen molar-refractivity contribution in [1.29, 1.82) is 0 Å². The van der Waals surface area contributed by atoms with Crippen LogP contribution in [0.5, 0.6) is 5.75 Å². The zero-order chi connectivity index (χ0) is 22.9. The monoisotopic (exact) mass is 444 g/mol. The fraction of sp³-hybridized carbons (Fsp3) is 0.100. The third-order valence-corrected chi connectivity index (χ3v) is 5.23. The van der Waals surface area contributed by atoms with Crippen LogP contribution in [0.3, 0.4) is 0 Å². The van der Waals surface area contributed by atoms with Crippen molar-refractivity contribution in [2.75, 3.05) is 5.32 Å². The van der Waals surface area contributed by atoms with E-state index in [1.165, 1.54) is 36.4 Å². The number of carbonyl (C=O) groups is 2. The minimum atomic E-state index is -4.70. The summed E-state index contributed by atoms with van der Waals surface area (Å²) < 4.78 is 38.4. The number of amides is 1. The molecule has 0 aliphatic carbocycles. The topological polar surface area (TPSA) is 153 Å². The molecule has 11 heteroatoms. The second-order valence-corrected chi connectivity index (χ2v) is 7.98. The molecule has 0 aliphatic heterocycles. The van der Waals surface area contributed by atoms with E-state index in [9.17, 15) is 32.7 Å². The van der Waals surface area contributed by atoms with Crippen LogP contribution in [-0.4, -0.2) is 29.8 Å². The van der Waals surface area contributed by atoms with Gasteiger partial charge in [-0.2, -0.15) is 8.42 Å². The maximum absolute atomic E-state index is 12.9. The Morgan fingerprint density at radius 3 is 2.32 bits per heavy atom. The highest BCUT2D eigenvalue weighted by atomic mass is 32.2. The highest BCUT2D eigenvalue weighted by molar-refractivity contribution is 7.86. The quantitative estimate of drug-likeness (QED) is 0.199. The lowest BCUT2D eigenvalue weighted by molar-refractivity contribution is -0.385. The highest BCUT2D eigenvalue weighted by Gasteiger charge is 2.25. The molecule has 0 fully saturated rings. The Balaban J connectivity index is 2.25. The zero-order valence-corrected chi connectivity index (χ0v) is 17.1. The highest BCUT2D eigenvalue weighted by Crippen LogP contribution is 2.38. The number of rotatable bonds is 5. The van der Waals surface area contributed by atoms with Gasteiger partial charge in [0.2, 0.25) is 0 Å². The first-order valence-corrected chi connectivity index (χ1v) is 10.2. The molecule has 2 N–H and O–H groups in total. The normalized spacial score (nSPS) is 11.2. The Morgan fingerprint density at radius 1 is 1.10 bits per heavy atom. The molecule has 0 atom stereocenters. The van der Waals surface area contributed by atoms with Crippen molar-refractivity contribution in [3.8, 4) is 5.75 Å². The van der Waals surface area contributed by atoms with Gasteiger partial charge in [0.25, 0.3) is 21.7 Å².